The number of aliphatic imine (C=N–C) groups is 1. The molecule has 6 rings (SSSR count). The Hall–Kier alpha value is -4.28. The molecule has 3 saturated carbocycles. The molecule has 12 heteroatoms. The van der Waals surface area contributed by atoms with Gasteiger partial charge in [-0.1, -0.05) is 63.5 Å². The van der Waals surface area contributed by atoms with Crippen molar-refractivity contribution in [2.24, 2.45) is 28.2 Å². The Balaban J connectivity index is 1.43. The molecule has 3 fully saturated rings. The Bertz CT molecular complexity index is 1930. The maximum Gasteiger partial charge on any atom is 0.207 e. The minimum absolute atomic E-state index is 0.0124. The summed E-state index contributed by atoms with van der Waals surface area (Å²) in [4.78, 5) is 19.6. The number of nitrogens with one attached hydrogen (secondary N) is 3. The van der Waals surface area contributed by atoms with Gasteiger partial charge < -0.3 is 45.3 Å². The number of nitrogens with zero attached hydrogens (tertiary/aromatic N) is 1. The van der Waals surface area contributed by atoms with E-state index < -0.39 is 17.3 Å². The minimum atomic E-state index is -0.926. The van der Waals surface area contributed by atoms with E-state index in [1.165, 1.54) is 0 Å². The van der Waals surface area contributed by atoms with Gasteiger partial charge in [0.25, 0.3) is 0 Å². The van der Waals surface area contributed by atoms with Crippen LogP contribution in [-0.4, -0.2) is 85.0 Å². The van der Waals surface area contributed by atoms with E-state index in [1.54, 1.807) is 20.2 Å². The largest absolute Gasteiger partial charge is 0.504 e. The second-order valence-electron chi connectivity index (χ2n) is 18.4. The number of allylic oxidation sites excluding steroid dienone is 2. The molecule has 0 saturated heterocycles. The summed E-state index contributed by atoms with van der Waals surface area (Å²) in [5.41, 5.74) is 0.835. The number of phenolic OH excluding ortho intramolecular Hbond substituents is 2. The van der Waals surface area contributed by atoms with E-state index in [0.29, 0.717) is 68.4 Å². The molecule has 0 amide bonds. The molecule has 0 unspecified atom stereocenters. The number of carbonyl (C=O) groups is 1. The lowest BCUT2D eigenvalue weighted by atomic mass is 9.65. The SMILES string of the molecule is CCCCC[C@@H]1/C=C\C(=O)[C@]2(Cc3ccc(O)c(OC)c3)CCC[C@H]2CC#CNC(=NC)Nc2cc(cc(O[C@]3(CNC)CC[C@H](C[C@H](O)OCCCO)C3)c2O)C12CCCC2. The topological polar surface area (TPSA) is 174 Å². The third-order valence-electron chi connectivity index (χ3n) is 14.4. The van der Waals surface area contributed by atoms with Gasteiger partial charge in [-0.05, 0) is 130 Å². The number of aliphatic hydroxyl groups is 2. The van der Waals surface area contributed by atoms with Gasteiger partial charge in [-0.15, -0.1) is 0 Å². The number of hydrogen-bond acceptors (Lipinski definition) is 10. The van der Waals surface area contributed by atoms with Crippen molar-refractivity contribution in [3.8, 4) is 35.0 Å². The summed E-state index contributed by atoms with van der Waals surface area (Å²) in [7, 11) is 5.12. The lowest BCUT2D eigenvalue weighted by Crippen LogP contribution is -2.43. The molecule has 12 nitrogen and oxygen atoms in total. The fourth-order valence-electron chi connectivity index (χ4n) is 11.2. The lowest BCUT2D eigenvalue weighted by molar-refractivity contribution is -0.125. The summed E-state index contributed by atoms with van der Waals surface area (Å²) < 4.78 is 18.1. The van der Waals surface area contributed by atoms with Crippen LogP contribution < -0.4 is 25.4 Å². The fourth-order valence-corrected chi connectivity index (χ4v) is 11.2. The molecular weight excluding hydrogens is 785 g/mol. The number of methoxy groups -OCH3 is 1. The maximum absolute atomic E-state index is 15.1. The van der Waals surface area contributed by atoms with Crippen LogP contribution >= 0.6 is 0 Å². The highest BCUT2D eigenvalue weighted by Gasteiger charge is 2.49. The van der Waals surface area contributed by atoms with Gasteiger partial charge in [0.05, 0.1) is 19.4 Å². The number of likely N-dealkylation sites (N-methyl/N-ethyl adjacent to an activating group) is 1. The number of ether oxygens (including phenoxy) is 3. The summed E-state index contributed by atoms with van der Waals surface area (Å²) >= 11 is 0. The number of anilines is 1. The quantitative estimate of drug-likeness (QED) is 0.0357. The number of rotatable bonds is 17. The molecule has 0 aromatic heterocycles. The molecule has 7 N–H and O–H groups in total. The molecular formula is C50H72N4O8. The number of aliphatic hydroxyl groups excluding tert-OH is 2. The van der Waals surface area contributed by atoms with Gasteiger partial charge in [-0.25, -0.2) is 0 Å². The Morgan fingerprint density at radius 3 is 2.60 bits per heavy atom. The number of unbranched alkanes of at least 4 members (excludes halogenated alkanes) is 2. The Morgan fingerprint density at radius 1 is 1.03 bits per heavy atom. The molecule has 62 heavy (non-hydrogen) atoms. The molecule has 1 spiro atoms. The molecule has 340 valence electrons. The highest BCUT2D eigenvalue weighted by atomic mass is 16.6. The lowest BCUT2D eigenvalue weighted by Gasteiger charge is -2.39. The van der Waals surface area contributed by atoms with Crippen LogP contribution in [0.5, 0.6) is 23.0 Å². The minimum Gasteiger partial charge on any atom is -0.504 e. The summed E-state index contributed by atoms with van der Waals surface area (Å²) in [5, 5.41) is 52.3. The highest BCUT2D eigenvalue weighted by molar-refractivity contribution is 5.97. The second kappa shape index (κ2) is 21.9. The smallest absolute Gasteiger partial charge is 0.207 e. The Labute approximate surface area is 369 Å². The van der Waals surface area contributed by atoms with Crippen molar-refractivity contribution in [1.82, 2.24) is 10.6 Å². The number of carbonyl (C=O) groups excluding carboxylic acids is 1. The van der Waals surface area contributed by atoms with E-state index in [-0.39, 0.29) is 47.1 Å². The number of ketones is 1. The number of benzene rings is 2. The van der Waals surface area contributed by atoms with E-state index in [4.69, 9.17) is 14.2 Å². The van der Waals surface area contributed by atoms with Gasteiger partial charge in [0.15, 0.2) is 35.1 Å². The van der Waals surface area contributed by atoms with Crippen molar-refractivity contribution in [1.29, 1.82) is 0 Å². The van der Waals surface area contributed by atoms with Crippen LogP contribution in [-0.2, 0) is 21.4 Å². The van der Waals surface area contributed by atoms with Crippen LogP contribution in [0.15, 0.2) is 47.5 Å². The first-order chi connectivity index (χ1) is 30.0. The molecule has 2 bridgehead atoms. The molecule has 1 aliphatic heterocycles. The molecule has 1 heterocycles. The van der Waals surface area contributed by atoms with Crippen LogP contribution in [0.4, 0.5) is 5.69 Å². The van der Waals surface area contributed by atoms with Gasteiger partial charge >= 0.3 is 0 Å². The molecule has 3 aliphatic carbocycles. The normalized spacial score (nSPS) is 27.5. The zero-order valence-corrected chi connectivity index (χ0v) is 37.6. The van der Waals surface area contributed by atoms with Crippen LogP contribution in [0.25, 0.3) is 0 Å². The summed E-state index contributed by atoms with van der Waals surface area (Å²) in [6, 6.07) is 12.6. The van der Waals surface area contributed by atoms with Gasteiger partial charge in [0, 0.05) is 49.9 Å². The monoisotopic (exact) mass is 857 g/mol. The first-order valence-electron chi connectivity index (χ1n) is 23.2. The average molecular weight is 857 g/mol. The molecule has 2 aromatic rings. The average Bonchev–Trinajstić information content (AvgIpc) is 4.02. The van der Waals surface area contributed by atoms with Gasteiger partial charge in [-0.3, -0.25) is 15.1 Å². The number of fused-ring (bicyclic) bond motifs is 4. The predicted octanol–water partition coefficient (Wildman–Crippen LogP) is 7.87. The van der Waals surface area contributed by atoms with Crippen molar-refractivity contribution >= 4 is 17.4 Å². The van der Waals surface area contributed by atoms with E-state index >= 15 is 4.79 Å². The van der Waals surface area contributed by atoms with E-state index in [2.05, 4.69) is 58.0 Å². The number of guanidine groups is 1. The second-order valence-corrected chi connectivity index (χ2v) is 18.4. The Kier molecular flexibility index (Phi) is 16.7. The molecule has 2 aromatic carbocycles. The van der Waals surface area contributed by atoms with E-state index in [0.717, 1.165) is 94.6 Å². The van der Waals surface area contributed by atoms with Crippen molar-refractivity contribution in [2.45, 2.75) is 140 Å². The zero-order chi connectivity index (χ0) is 44.2. The summed E-state index contributed by atoms with van der Waals surface area (Å²) in [5.74, 6) is 4.89. The van der Waals surface area contributed by atoms with Gasteiger partial charge in [0.2, 0.25) is 5.96 Å². The van der Waals surface area contributed by atoms with Crippen LogP contribution in [0.1, 0.15) is 127 Å². The van der Waals surface area contributed by atoms with Gasteiger partial charge in [-0.2, -0.15) is 0 Å². The first kappa shape index (κ1) is 47.2. The van der Waals surface area contributed by atoms with Crippen LogP contribution in [0.2, 0.25) is 0 Å². The van der Waals surface area contributed by atoms with Crippen LogP contribution in [0, 0.1) is 35.1 Å². The van der Waals surface area contributed by atoms with Crippen molar-refractivity contribution in [3.63, 3.8) is 0 Å². The fraction of sp³-hybridized carbons (Fsp3) is 0.640. The Morgan fingerprint density at radius 2 is 1.85 bits per heavy atom. The predicted molar refractivity (Wildman–Crippen MR) is 244 cm³/mol. The highest BCUT2D eigenvalue weighted by Crippen LogP contribution is 2.54. The number of hydrogen-bond donors (Lipinski definition) is 7. The van der Waals surface area contributed by atoms with Crippen molar-refractivity contribution in [2.75, 3.05) is 46.3 Å². The first-order valence-corrected chi connectivity index (χ1v) is 23.2. The molecule has 6 atom stereocenters. The number of phenols is 2. The van der Waals surface area contributed by atoms with E-state index in [9.17, 15) is 20.4 Å². The molecule has 4 aliphatic rings. The summed E-state index contributed by atoms with van der Waals surface area (Å²) in [6.45, 7) is 3.07. The summed E-state index contributed by atoms with van der Waals surface area (Å²) in [6.07, 6.45) is 18.0. The standard InChI is InChI=1S/C50H72N4O8/c1-5-6-7-13-38-17-19-44(57)50(33-35-16-18-41(56)42(28-35)60-4)23-10-14-37(50)15-11-25-53-47(52-3)54-40-30-39(49(38)21-8-9-22-49)31-43(46(40)59)62-48(34-51-2)24-20-36(32-48)29-45(58)61-27-12-26-55/h16-19,28,30-31,36-38,45,51,55-56,58-59H,5-10,12-15,20-24,26-27,29,32-34H2,1-4H3,(H2,52,53,54)/b19-17-/t36-,37+,38-,45-,48-,50+/m1/s1. The van der Waals surface area contributed by atoms with Crippen LogP contribution in [0.3, 0.4) is 0 Å². The third-order valence-corrected chi connectivity index (χ3v) is 14.4. The molecule has 0 radical (unpaired) electrons. The van der Waals surface area contributed by atoms with Crippen molar-refractivity contribution < 1.29 is 39.4 Å². The third kappa shape index (κ3) is 10.9. The number of aromatic hydroxyl groups is 2. The van der Waals surface area contributed by atoms with E-state index in [1.807, 2.05) is 25.3 Å². The zero-order valence-electron chi connectivity index (χ0n) is 37.6. The van der Waals surface area contributed by atoms with Gasteiger partial charge in [0.1, 0.15) is 5.60 Å². The van der Waals surface area contributed by atoms with Crippen molar-refractivity contribution in [3.05, 3.63) is 53.6 Å². The maximum atomic E-state index is 15.1.